The van der Waals surface area contributed by atoms with Gasteiger partial charge in [0.25, 0.3) is 9.76 Å². The first-order valence-electron chi connectivity index (χ1n) is 17.5. The lowest BCUT2D eigenvalue weighted by molar-refractivity contribution is -0.113. The van der Waals surface area contributed by atoms with E-state index in [1.165, 1.54) is 51.4 Å². The molecule has 0 heterocycles. The fourth-order valence-electron chi connectivity index (χ4n) is 7.71. The predicted octanol–water partition coefficient (Wildman–Crippen LogP) is 6.19. The van der Waals surface area contributed by atoms with Gasteiger partial charge in [-0.2, -0.15) is 0 Å². The Labute approximate surface area is 280 Å². The number of hydrogen-bond acceptors (Lipinski definition) is 7. The summed E-state index contributed by atoms with van der Waals surface area (Å²) in [5.74, 6) is 3.62. The van der Waals surface area contributed by atoms with E-state index in [2.05, 4.69) is 13.8 Å². The highest BCUT2D eigenvalue weighted by molar-refractivity contribution is 6.60. The molecule has 0 spiro atoms. The number of rotatable bonds is 20. The van der Waals surface area contributed by atoms with Gasteiger partial charge in [-0.25, -0.2) is 0 Å². The summed E-state index contributed by atoms with van der Waals surface area (Å²) in [5, 5.41) is -0.513. The Kier molecular flexibility index (Phi) is 17.3. The minimum Gasteiger partial charge on any atom is -0.552 e. The minimum atomic E-state index is -1.39. The standard InChI is InChI=1S/C35H62O7Si3/c1-9-11-12-14-31-16-18-32(19-17-31)33-15-13-20-34(39-21-10-2,43-40-28(6)22-25(3)36)35(33,44-41-29(7)23-26(4)37)45-42-30(8)24-27(5)38/h22-24,31-33H,9-21,43-45H2,1-8H3/t31-,32-,33?,34?,35?. The molecule has 2 fully saturated rings. The molecule has 0 N–H and O–H groups in total. The molecule has 0 aromatic rings. The highest BCUT2D eigenvalue weighted by Gasteiger charge is 2.63. The molecule has 45 heavy (non-hydrogen) atoms. The van der Waals surface area contributed by atoms with Crippen molar-refractivity contribution in [3.63, 3.8) is 0 Å². The maximum Gasteiger partial charge on any atom is 0.250 e. The van der Waals surface area contributed by atoms with E-state index in [-0.39, 0.29) is 22.0 Å². The molecule has 0 amide bonds. The molecule has 2 saturated carbocycles. The van der Waals surface area contributed by atoms with E-state index in [9.17, 15) is 14.4 Å². The van der Waals surface area contributed by atoms with Crippen molar-refractivity contribution in [1.29, 1.82) is 0 Å². The molecule has 0 saturated heterocycles. The molecule has 2 rings (SSSR count). The lowest BCUT2D eigenvalue weighted by Gasteiger charge is -2.58. The Morgan fingerprint density at radius 2 is 1.20 bits per heavy atom. The summed E-state index contributed by atoms with van der Waals surface area (Å²) in [7, 11) is -4.14. The molecule has 0 radical (unpaired) electrons. The lowest BCUT2D eigenvalue weighted by Crippen LogP contribution is -2.63. The van der Waals surface area contributed by atoms with Crippen molar-refractivity contribution in [1.82, 2.24) is 0 Å². The van der Waals surface area contributed by atoms with Gasteiger partial charge in [-0.3, -0.25) is 14.4 Å². The third kappa shape index (κ3) is 12.4. The van der Waals surface area contributed by atoms with Crippen LogP contribution in [0.4, 0.5) is 0 Å². The molecule has 256 valence electrons. The van der Waals surface area contributed by atoms with Crippen molar-refractivity contribution in [2.75, 3.05) is 6.61 Å². The first-order valence-corrected chi connectivity index (χ1v) is 21.3. The normalized spacial score (nSPS) is 28.8. The van der Waals surface area contributed by atoms with E-state index in [1.807, 2.05) is 20.8 Å². The lowest BCUT2D eigenvalue weighted by atomic mass is 9.68. The molecule has 0 aliphatic heterocycles. The van der Waals surface area contributed by atoms with Crippen LogP contribution in [0.15, 0.2) is 35.5 Å². The largest absolute Gasteiger partial charge is 0.552 e. The molecule has 7 nitrogen and oxygen atoms in total. The number of hydrogen-bond donors (Lipinski definition) is 0. The first kappa shape index (κ1) is 39.4. The van der Waals surface area contributed by atoms with Crippen LogP contribution in [0.3, 0.4) is 0 Å². The van der Waals surface area contributed by atoms with Gasteiger partial charge in [0.15, 0.2) is 17.3 Å². The van der Waals surface area contributed by atoms with Gasteiger partial charge in [0.05, 0.1) is 27.2 Å². The summed E-state index contributed by atoms with van der Waals surface area (Å²) in [4.78, 5) is 35.9. The first-order chi connectivity index (χ1) is 21.4. The van der Waals surface area contributed by atoms with E-state index in [0.29, 0.717) is 35.7 Å². The van der Waals surface area contributed by atoms with Gasteiger partial charge in [-0.1, -0.05) is 58.8 Å². The van der Waals surface area contributed by atoms with Gasteiger partial charge < -0.3 is 18.0 Å². The number of unbranched alkanes of at least 4 members (excludes halogenated alkanes) is 2. The summed E-state index contributed by atoms with van der Waals surface area (Å²) in [5.41, 5.74) is 0. The Hall–Kier alpha value is -1.76. The molecule has 2 atom stereocenters. The molecular weight excluding hydrogens is 617 g/mol. The molecule has 0 aromatic heterocycles. The number of ether oxygens (including phenoxy) is 1. The topological polar surface area (TPSA) is 88.1 Å². The summed E-state index contributed by atoms with van der Waals surface area (Å²) in [6, 6.07) is 0. The van der Waals surface area contributed by atoms with Crippen LogP contribution >= 0.6 is 0 Å². The molecule has 10 heteroatoms. The van der Waals surface area contributed by atoms with Gasteiger partial charge in [0.2, 0.25) is 19.5 Å². The zero-order valence-corrected chi connectivity index (χ0v) is 33.9. The van der Waals surface area contributed by atoms with E-state index < -0.39 is 34.5 Å². The van der Waals surface area contributed by atoms with Gasteiger partial charge in [-0.05, 0) is 91.4 Å². The highest BCUT2D eigenvalue weighted by Crippen LogP contribution is 2.59. The van der Waals surface area contributed by atoms with Crippen molar-refractivity contribution in [2.24, 2.45) is 17.8 Å². The third-order valence-corrected chi connectivity index (χ3v) is 19.0. The van der Waals surface area contributed by atoms with Crippen molar-refractivity contribution in [3.05, 3.63) is 35.5 Å². The van der Waals surface area contributed by atoms with Crippen molar-refractivity contribution in [2.45, 2.75) is 142 Å². The minimum absolute atomic E-state index is 0.0259. The van der Waals surface area contributed by atoms with Gasteiger partial charge in [0.1, 0.15) is 0 Å². The van der Waals surface area contributed by atoms with Gasteiger partial charge in [0, 0.05) is 24.8 Å². The fraction of sp³-hybridized carbons (Fsp3) is 0.743. The van der Waals surface area contributed by atoms with Crippen LogP contribution in [-0.2, 0) is 32.4 Å². The SMILES string of the molecule is CCCCC[C@H]1CC[C@H](C2CCCC(OCCC)([SiH2]OC(C)=CC(C)=O)C2([SiH2]OC(C)=CC(C)=O)[SiH2]OC(C)=CC(C)=O)CC1. The molecule has 0 aromatic carbocycles. The molecule has 2 aliphatic rings. The van der Waals surface area contributed by atoms with Crippen LogP contribution in [0.2, 0.25) is 4.66 Å². The Morgan fingerprint density at radius 3 is 1.67 bits per heavy atom. The predicted molar refractivity (Wildman–Crippen MR) is 191 cm³/mol. The van der Waals surface area contributed by atoms with Crippen molar-refractivity contribution in [3.8, 4) is 0 Å². The average molecular weight is 679 g/mol. The second-order valence-corrected chi connectivity index (χ2v) is 20.1. The molecule has 2 unspecified atom stereocenters. The zero-order valence-electron chi connectivity index (χ0n) is 29.6. The number of carbonyl (C=O) groups excluding carboxylic acids is 3. The summed E-state index contributed by atoms with van der Waals surface area (Å²) in [6.07, 6.45) is 18.9. The van der Waals surface area contributed by atoms with Gasteiger partial charge >= 0.3 is 0 Å². The fourth-order valence-corrected chi connectivity index (χ4v) is 15.3. The Balaban J connectivity index is 2.64. The second-order valence-electron chi connectivity index (χ2n) is 13.7. The maximum absolute atomic E-state index is 12.0. The Morgan fingerprint density at radius 1 is 0.689 bits per heavy atom. The van der Waals surface area contributed by atoms with Crippen molar-refractivity contribution >= 4 is 46.6 Å². The third-order valence-electron chi connectivity index (χ3n) is 9.84. The molecule has 2 aliphatic carbocycles. The van der Waals surface area contributed by atoms with Crippen LogP contribution in [0, 0.1) is 17.8 Å². The van der Waals surface area contributed by atoms with Crippen LogP contribution in [0.25, 0.3) is 0 Å². The summed E-state index contributed by atoms with van der Waals surface area (Å²) < 4.78 is 26.7. The van der Waals surface area contributed by atoms with E-state index in [4.69, 9.17) is 18.0 Å². The average Bonchev–Trinajstić information content (AvgIpc) is 2.97. The highest BCUT2D eigenvalue weighted by atomic mass is 28.3. The van der Waals surface area contributed by atoms with Crippen LogP contribution in [0.5, 0.6) is 0 Å². The van der Waals surface area contributed by atoms with Crippen molar-refractivity contribution < 1.29 is 32.4 Å². The smallest absolute Gasteiger partial charge is 0.250 e. The van der Waals surface area contributed by atoms with Crippen LogP contribution in [-0.4, -0.2) is 58.5 Å². The van der Waals surface area contributed by atoms with Crippen LogP contribution in [0.1, 0.15) is 132 Å². The maximum atomic E-state index is 12.0. The quantitative estimate of drug-likeness (QED) is 0.0657. The monoisotopic (exact) mass is 678 g/mol. The molecule has 0 bridgehead atoms. The summed E-state index contributed by atoms with van der Waals surface area (Å²) in [6.45, 7) is 15.3. The number of carbonyl (C=O) groups is 3. The summed E-state index contributed by atoms with van der Waals surface area (Å²) >= 11 is 0. The number of ketones is 3. The van der Waals surface area contributed by atoms with Gasteiger partial charge in [-0.15, -0.1) is 0 Å². The second kappa shape index (κ2) is 19.8. The van der Waals surface area contributed by atoms with E-state index in [0.717, 1.165) is 31.6 Å². The molecular formula is C35H62O7Si3. The zero-order chi connectivity index (χ0) is 33.5. The van der Waals surface area contributed by atoms with E-state index in [1.54, 1.807) is 39.0 Å². The number of allylic oxidation sites excluding steroid dienone is 6. The van der Waals surface area contributed by atoms with Crippen LogP contribution < -0.4 is 0 Å². The Bertz CT molecular complexity index is 1030. The van der Waals surface area contributed by atoms with E-state index >= 15 is 0 Å².